The summed E-state index contributed by atoms with van der Waals surface area (Å²) in [6, 6.07) is 9.55. The van der Waals surface area contributed by atoms with E-state index in [1.54, 1.807) is 27.2 Å². The molecule has 1 aromatic carbocycles. The summed E-state index contributed by atoms with van der Waals surface area (Å²) in [5, 5.41) is 7.65. The molecule has 0 radical (unpaired) electrons. The van der Waals surface area contributed by atoms with Gasteiger partial charge in [0.1, 0.15) is 0 Å². The fourth-order valence-corrected chi connectivity index (χ4v) is 7.01. The maximum absolute atomic E-state index is 13.3. The number of carbonyl (C=O) groups excluding carboxylic acids is 1. The SMILES string of the molecule is O=C(c1cnn2ccc(C3CCN(S(=O)(=O)c4ccc5c(c4)NCC5)CC3)cc12)N1CCCC1. The van der Waals surface area contributed by atoms with E-state index in [9.17, 15) is 13.2 Å². The van der Waals surface area contributed by atoms with Gasteiger partial charge in [-0.05, 0) is 73.4 Å². The summed E-state index contributed by atoms with van der Waals surface area (Å²) in [7, 11) is -3.51. The van der Waals surface area contributed by atoms with E-state index in [2.05, 4.69) is 16.5 Å². The van der Waals surface area contributed by atoms with Gasteiger partial charge in [0, 0.05) is 44.6 Å². The van der Waals surface area contributed by atoms with Crippen LogP contribution < -0.4 is 5.32 Å². The molecular weight excluding hydrogens is 450 g/mol. The van der Waals surface area contributed by atoms with E-state index in [0.717, 1.165) is 68.5 Å². The lowest BCUT2D eigenvalue weighted by molar-refractivity contribution is 0.0794. The summed E-state index contributed by atoms with van der Waals surface area (Å²) in [6.45, 7) is 3.45. The third kappa shape index (κ3) is 3.67. The highest BCUT2D eigenvalue weighted by atomic mass is 32.2. The van der Waals surface area contributed by atoms with Crippen LogP contribution in [0.25, 0.3) is 5.52 Å². The van der Waals surface area contributed by atoms with E-state index >= 15 is 0 Å². The third-order valence-corrected chi connectivity index (χ3v) is 9.42. The zero-order valence-electron chi connectivity index (χ0n) is 19.1. The van der Waals surface area contributed by atoms with Crippen LogP contribution >= 0.6 is 0 Å². The molecule has 0 spiro atoms. The third-order valence-electron chi connectivity index (χ3n) is 7.52. The Morgan fingerprint density at radius 3 is 2.62 bits per heavy atom. The smallest absolute Gasteiger partial charge is 0.257 e. The minimum absolute atomic E-state index is 0.0504. The van der Waals surface area contributed by atoms with E-state index in [4.69, 9.17) is 0 Å². The first-order valence-electron chi connectivity index (χ1n) is 12.1. The molecule has 2 aromatic heterocycles. The number of anilines is 1. The molecule has 0 bridgehead atoms. The zero-order valence-corrected chi connectivity index (χ0v) is 19.9. The van der Waals surface area contributed by atoms with E-state index in [1.807, 2.05) is 23.2 Å². The summed E-state index contributed by atoms with van der Waals surface area (Å²) in [5.41, 5.74) is 4.73. The van der Waals surface area contributed by atoms with Crippen molar-refractivity contribution in [3.63, 3.8) is 0 Å². The number of hydrogen-bond donors (Lipinski definition) is 1. The van der Waals surface area contributed by atoms with Crippen molar-refractivity contribution in [1.82, 2.24) is 18.8 Å². The minimum atomic E-state index is -3.51. The summed E-state index contributed by atoms with van der Waals surface area (Å²) >= 11 is 0. The molecular formula is C25H29N5O3S. The number of benzene rings is 1. The predicted octanol–water partition coefficient (Wildman–Crippen LogP) is 3.11. The first kappa shape index (κ1) is 21.6. The Balaban J connectivity index is 1.19. The highest BCUT2D eigenvalue weighted by Gasteiger charge is 2.31. The van der Waals surface area contributed by atoms with Crippen LogP contribution in [0.2, 0.25) is 0 Å². The molecule has 1 amide bonds. The quantitative estimate of drug-likeness (QED) is 0.621. The zero-order chi connectivity index (χ0) is 23.3. The van der Waals surface area contributed by atoms with Gasteiger partial charge in [-0.3, -0.25) is 4.79 Å². The molecule has 0 unspecified atom stereocenters. The van der Waals surface area contributed by atoms with Crippen LogP contribution in [0, 0.1) is 0 Å². The Labute approximate surface area is 199 Å². The Hall–Kier alpha value is -2.91. The molecule has 178 valence electrons. The van der Waals surface area contributed by atoms with Gasteiger partial charge in [-0.15, -0.1) is 0 Å². The molecule has 8 nitrogen and oxygen atoms in total. The van der Waals surface area contributed by atoms with Gasteiger partial charge in [0.2, 0.25) is 10.0 Å². The number of nitrogens with one attached hydrogen (secondary N) is 1. The summed E-state index contributed by atoms with van der Waals surface area (Å²) in [6.07, 6.45) is 8.13. The largest absolute Gasteiger partial charge is 0.384 e. The van der Waals surface area contributed by atoms with Gasteiger partial charge >= 0.3 is 0 Å². The van der Waals surface area contributed by atoms with Crippen molar-refractivity contribution in [3.05, 3.63) is 59.4 Å². The molecule has 0 atom stereocenters. The van der Waals surface area contributed by atoms with E-state index in [-0.39, 0.29) is 11.8 Å². The van der Waals surface area contributed by atoms with Gasteiger partial charge in [0.05, 0.1) is 22.2 Å². The van der Waals surface area contributed by atoms with Gasteiger partial charge in [0.25, 0.3) is 5.91 Å². The number of hydrogen-bond acceptors (Lipinski definition) is 5. The van der Waals surface area contributed by atoms with E-state index in [0.29, 0.717) is 23.5 Å². The number of piperidine rings is 1. The summed E-state index contributed by atoms with van der Waals surface area (Å²) in [5.74, 6) is 0.303. The van der Waals surface area contributed by atoms with Crippen LogP contribution in [0.5, 0.6) is 0 Å². The van der Waals surface area contributed by atoms with Crippen molar-refractivity contribution < 1.29 is 13.2 Å². The maximum Gasteiger partial charge on any atom is 0.257 e. The molecule has 34 heavy (non-hydrogen) atoms. The molecule has 6 rings (SSSR count). The number of pyridine rings is 1. The monoisotopic (exact) mass is 479 g/mol. The average molecular weight is 480 g/mol. The number of nitrogens with zero attached hydrogens (tertiary/aromatic N) is 4. The lowest BCUT2D eigenvalue weighted by Gasteiger charge is -2.31. The van der Waals surface area contributed by atoms with Crippen LogP contribution in [-0.2, 0) is 16.4 Å². The standard InChI is InChI=1S/C25H29N5O3S/c31-25(28-10-1-2-11-28)22-17-27-30-14-8-20(15-24(22)30)18-6-12-29(13-7-18)34(32,33)21-4-3-19-5-9-26-23(19)16-21/h3-4,8,14-18,26H,1-2,5-7,9-13H2. The Morgan fingerprint density at radius 2 is 1.82 bits per heavy atom. The number of carbonyl (C=O) groups is 1. The lowest BCUT2D eigenvalue weighted by Crippen LogP contribution is -2.37. The molecule has 3 aliphatic rings. The number of likely N-dealkylation sites (tertiary alicyclic amines) is 1. The van der Waals surface area contributed by atoms with Gasteiger partial charge < -0.3 is 10.2 Å². The highest BCUT2D eigenvalue weighted by molar-refractivity contribution is 7.89. The van der Waals surface area contributed by atoms with Crippen molar-refractivity contribution in [2.75, 3.05) is 38.0 Å². The van der Waals surface area contributed by atoms with Gasteiger partial charge in [0.15, 0.2) is 0 Å². The van der Waals surface area contributed by atoms with Crippen LogP contribution in [-0.4, -0.2) is 65.9 Å². The van der Waals surface area contributed by atoms with E-state index in [1.165, 1.54) is 5.56 Å². The van der Waals surface area contributed by atoms with Crippen molar-refractivity contribution in [3.8, 4) is 0 Å². The predicted molar refractivity (Wildman–Crippen MR) is 130 cm³/mol. The molecule has 5 heterocycles. The number of rotatable bonds is 4. The number of aromatic nitrogens is 2. The highest BCUT2D eigenvalue weighted by Crippen LogP contribution is 2.33. The minimum Gasteiger partial charge on any atom is -0.384 e. The molecule has 2 fully saturated rings. The van der Waals surface area contributed by atoms with Crippen LogP contribution in [0.4, 0.5) is 5.69 Å². The van der Waals surface area contributed by atoms with Crippen molar-refractivity contribution >= 4 is 27.1 Å². The van der Waals surface area contributed by atoms with Crippen molar-refractivity contribution in [1.29, 1.82) is 0 Å². The topological polar surface area (TPSA) is 87.0 Å². The summed E-state index contributed by atoms with van der Waals surface area (Å²) < 4.78 is 29.9. The lowest BCUT2D eigenvalue weighted by atomic mass is 9.90. The Bertz CT molecular complexity index is 1350. The molecule has 2 saturated heterocycles. The Morgan fingerprint density at radius 1 is 1.03 bits per heavy atom. The normalized spacial score (nSPS) is 19.5. The molecule has 0 aliphatic carbocycles. The van der Waals surface area contributed by atoms with Gasteiger partial charge in [-0.1, -0.05) is 6.07 Å². The van der Waals surface area contributed by atoms with Crippen molar-refractivity contribution in [2.24, 2.45) is 0 Å². The fourth-order valence-electron chi connectivity index (χ4n) is 5.52. The second-order valence-electron chi connectivity index (χ2n) is 9.52. The first-order valence-corrected chi connectivity index (χ1v) is 13.6. The second-order valence-corrected chi connectivity index (χ2v) is 11.5. The molecule has 3 aromatic rings. The van der Waals surface area contributed by atoms with Crippen LogP contribution in [0.1, 0.15) is 53.1 Å². The van der Waals surface area contributed by atoms with Crippen LogP contribution in [0.15, 0.2) is 47.6 Å². The number of sulfonamides is 1. The summed E-state index contributed by atoms with van der Waals surface area (Å²) in [4.78, 5) is 15.2. The van der Waals surface area contributed by atoms with Gasteiger partial charge in [-0.2, -0.15) is 9.40 Å². The molecule has 3 aliphatic heterocycles. The maximum atomic E-state index is 13.3. The molecule has 9 heteroatoms. The fraction of sp³-hybridized carbons (Fsp3) is 0.440. The first-order chi connectivity index (χ1) is 16.5. The van der Waals surface area contributed by atoms with Crippen molar-refractivity contribution in [2.45, 2.75) is 42.9 Å². The average Bonchev–Trinajstić information content (AvgIpc) is 3.63. The molecule has 0 saturated carbocycles. The molecule has 1 N–H and O–H groups in total. The van der Waals surface area contributed by atoms with Gasteiger partial charge in [-0.25, -0.2) is 12.9 Å². The second kappa shape index (κ2) is 8.39. The number of amides is 1. The number of fused-ring (bicyclic) bond motifs is 2. The van der Waals surface area contributed by atoms with Crippen LogP contribution in [0.3, 0.4) is 0 Å². The van der Waals surface area contributed by atoms with E-state index < -0.39 is 10.0 Å². The Kier molecular flexibility index (Phi) is 5.33.